The highest BCUT2D eigenvalue weighted by Gasteiger charge is 2.13. The standard InChI is InChI=1S/C10H20N2O4S/c1-7(17-3)5-11-10(15)12-6-8(16-2)4-9(13)14/h7-8H,4-6H2,1-3H3,(H,13,14)(H2,11,12,15). The van der Waals surface area contributed by atoms with Crippen LogP contribution in [0.5, 0.6) is 0 Å². The van der Waals surface area contributed by atoms with Gasteiger partial charge in [0.2, 0.25) is 0 Å². The third-order valence-electron chi connectivity index (χ3n) is 2.18. The lowest BCUT2D eigenvalue weighted by atomic mass is 10.2. The number of nitrogens with one attached hydrogen (secondary N) is 2. The van der Waals surface area contributed by atoms with E-state index < -0.39 is 12.1 Å². The van der Waals surface area contributed by atoms with Gasteiger partial charge in [0, 0.05) is 25.4 Å². The SMILES string of the molecule is COC(CNC(=O)NCC(C)SC)CC(=O)O. The van der Waals surface area contributed by atoms with E-state index in [1.807, 2.05) is 13.2 Å². The summed E-state index contributed by atoms with van der Waals surface area (Å²) < 4.78 is 4.93. The third kappa shape index (κ3) is 8.82. The molecule has 100 valence electrons. The van der Waals surface area contributed by atoms with Crippen LogP contribution < -0.4 is 10.6 Å². The van der Waals surface area contributed by atoms with Crippen LogP contribution in [0.25, 0.3) is 0 Å². The quantitative estimate of drug-likeness (QED) is 0.595. The first-order valence-electron chi connectivity index (χ1n) is 5.28. The first-order valence-corrected chi connectivity index (χ1v) is 6.57. The number of urea groups is 1. The monoisotopic (exact) mass is 264 g/mol. The largest absolute Gasteiger partial charge is 0.481 e. The summed E-state index contributed by atoms with van der Waals surface area (Å²) in [6, 6.07) is -0.307. The van der Waals surface area contributed by atoms with Gasteiger partial charge in [-0.3, -0.25) is 4.79 Å². The maximum absolute atomic E-state index is 11.3. The second-order valence-electron chi connectivity index (χ2n) is 3.59. The van der Waals surface area contributed by atoms with E-state index in [4.69, 9.17) is 9.84 Å². The molecule has 0 aromatic heterocycles. The number of amides is 2. The molecule has 2 atom stereocenters. The van der Waals surface area contributed by atoms with Crippen LogP contribution in [0, 0.1) is 0 Å². The van der Waals surface area contributed by atoms with Gasteiger partial charge in [0.1, 0.15) is 0 Å². The van der Waals surface area contributed by atoms with E-state index in [2.05, 4.69) is 10.6 Å². The van der Waals surface area contributed by atoms with Crippen LogP contribution >= 0.6 is 11.8 Å². The average molecular weight is 264 g/mol. The number of ether oxygens (including phenoxy) is 1. The fourth-order valence-electron chi connectivity index (χ4n) is 1.02. The maximum atomic E-state index is 11.3. The van der Waals surface area contributed by atoms with Gasteiger partial charge in [-0.1, -0.05) is 6.92 Å². The van der Waals surface area contributed by atoms with Gasteiger partial charge >= 0.3 is 12.0 Å². The molecule has 0 aliphatic heterocycles. The Labute approximate surface area is 105 Å². The van der Waals surface area contributed by atoms with Crippen molar-refractivity contribution >= 4 is 23.8 Å². The number of carbonyl (C=O) groups excluding carboxylic acids is 1. The van der Waals surface area contributed by atoms with Crippen LogP contribution in [-0.4, -0.2) is 54.9 Å². The highest BCUT2D eigenvalue weighted by Crippen LogP contribution is 2.02. The van der Waals surface area contributed by atoms with E-state index in [1.165, 1.54) is 7.11 Å². The normalized spacial score (nSPS) is 13.8. The van der Waals surface area contributed by atoms with E-state index in [-0.39, 0.29) is 19.0 Å². The molecule has 3 N–H and O–H groups in total. The first-order chi connectivity index (χ1) is 7.99. The molecule has 2 amide bonds. The Hall–Kier alpha value is -0.950. The van der Waals surface area contributed by atoms with Gasteiger partial charge in [-0.05, 0) is 6.26 Å². The molecule has 0 aliphatic rings. The minimum Gasteiger partial charge on any atom is -0.481 e. The van der Waals surface area contributed by atoms with Crippen molar-refractivity contribution in [1.82, 2.24) is 10.6 Å². The number of methoxy groups -OCH3 is 1. The zero-order valence-corrected chi connectivity index (χ0v) is 11.2. The Balaban J connectivity index is 3.77. The minimum absolute atomic E-state index is 0.127. The Bertz CT molecular complexity index is 250. The molecule has 0 aromatic carbocycles. The predicted octanol–water partition coefficient (Wildman–Crippen LogP) is 0.527. The smallest absolute Gasteiger partial charge is 0.314 e. The lowest BCUT2D eigenvalue weighted by Gasteiger charge is -2.15. The number of rotatable bonds is 8. The molecule has 0 heterocycles. The van der Waals surface area contributed by atoms with Gasteiger partial charge in [0.15, 0.2) is 0 Å². The van der Waals surface area contributed by atoms with Crippen molar-refractivity contribution in [3.8, 4) is 0 Å². The van der Waals surface area contributed by atoms with Gasteiger partial charge < -0.3 is 20.5 Å². The number of carbonyl (C=O) groups is 2. The van der Waals surface area contributed by atoms with Crippen LogP contribution in [0.3, 0.4) is 0 Å². The zero-order valence-electron chi connectivity index (χ0n) is 10.4. The molecule has 0 saturated heterocycles. The molecule has 0 saturated carbocycles. The second kappa shape index (κ2) is 9.12. The van der Waals surface area contributed by atoms with Crippen LogP contribution in [0.1, 0.15) is 13.3 Å². The summed E-state index contributed by atoms with van der Waals surface area (Å²) in [4.78, 5) is 21.8. The van der Waals surface area contributed by atoms with Gasteiger partial charge in [0.25, 0.3) is 0 Å². The van der Waals surface area contributed by atoms with Gasteiger partial charge in [0.05, 0.1) is 12.5 Å². The topological polar surface area (TPSA) is 87.7 Å². The van der Waals surface area contributed by atoms with Crippen molar-refractivity contribution in [2.75, 3.05) is 26.5 Å². The van der Waals surface area contributed by atoms with Crippen molar-refractivity contribution in [1.29, 1.82) is 0 Å². The number of hydrogen-bond donors (Lipinski definition) is 3. The fraction of sp³-hybridized carbons (Fsp3) is 0.800. The van der Waals surface area contributed by atoms with Crippen molar-refractivity contribution < 1.29 is 19.4 Å². The van der Waals surface area contributed by atoms with Crippen LogP contribution in [0.4, 0.5) is 4.79 Å². The molecular weight excluding hydrogens is 244 g/mol. The van der Waals surface area contributed by atoms with Crippen molar-refractivity contribution in [3.63, 3.8) is 0 Å². The number of carboxylic acid groups (broad SMARTS) is 1. The van der Waals surface area contributed by atoms with E-state index >= 15 is 0 Å². The second-order valence-corrected chi connectivity index (χ2v) is 4.87. The van der Waals surface area contributed by atoms with Crippen molar-refractivity contribution in [2.24, 2.45) is 0 Å². The summed E-state index contributed by atoms with van der Waals surface area (Å²) >= 11 is 1.66. The highest BCUT2D eigenvalue weighted by atomic mass is 32.2. The molecule has 0 fully saturated rings. The highest BCUT2D eigenvalue weighted by molar-refractivity contribution is 7.99. The molecule has 0 rings (SSSR count). The van der Waals surface area contributed by atoms with E-state index in [9.17, 15) is 9.59 Å². The molecule has 0 bridgehead atoms. The summed E-state index contributed by atoms with van der Waals surface area (Å²) in [5.41, 5.74) is 0. The number of aliphatic carboxylic acids is 1. The molecule has 0 aliphatic carbocycles. The predicted molar refractivity (Wildman–Crippen MR) is 67.4 cm³/mol. The van der Waals surface area contributed by atoms with E-state index in [1.54, 1.807) is 11.8 Å². The molecule has 7 heteroatoms. The summed E-state index contributed by atoms with van der Waals surface area (Å²) in [6.45, 7) is 2.76. The van der Waals surface area contributed by atoms with Crippen molar-refractivity contribution in [3.05, 3.63) is 0 Å². The third-order valence-corrected chi connectivity index (χ3v) is 3.15. The van der Waals surface area contributed by atoms with Crippen LogP contribution in [0.15, 0.2) is 0 Å². The molecule has 0 aromatic rings. The zero-order chi connectivity index (χ0) is 13.3. The summed E-state index contributed by atoms with van der Waals surface area (Å²) in [5.74, 6) is -0.949. The lowest BCUT2D eigenvalue weighted by molar-refractivity contribution is -0.139. The first kappa shape index (κ1) is 16.1. The van der Waals surface area contributed by atoms with Gasteiger partial charge in [-0.2, -0.15) is 11.8 Å². The molecule has 0 spiro atoms. The Kier molecular flexibility index (Phi) is 8.61. The Morgan fingerprint density at radius 3 is 2.41 bits per heavy atom. The van der Waals surface area contributed by atoms with Gasteiger partial charge in [-0.25, -0.2) is 4.79 Å². The Morgan fingerprint density at radius 2 is 1.94 bits per heavy atom. The van der Waals surface area contributed by atoms with E-state index in [0.717, 1.165) is 0 Å². The Morgan fingerprint density at radius 1 is 1.35 bits per heavy atom. The lowest BCUT2D eigenvalue weighted by Crippen LogP contribution is -2.42. The average Bonchev–Trinajstić information content (AvgIpc) is 2.30. The summed E-state index contributed by atoms with van der Waals surface area (Å²) in [7, 11) is 1.42. The van der Waals surface area contributed by atoms with Gasteiger partial charge in [-0.15, -0.1) is 0 Å². The molecule has 2 unspecified atom stereocenters. The molecule has 0 radical (unpaired) electrons. The summed E-state index contributed by atoms with van der Waals surface area (Å²) in [5, 5.41) is 14.2. The summed E-state index contributed by atoms with van der Waals surface area (Å²) in [6.07, 6.45) is 1.34. The van der Waals surface area contributed by atoms with Crippen LogP contribution in [0.2, 0.25) is 0 Å². The number of carboxylic acids is 1. The fourth-order valence-corrected chi connectivity index (χ4v) is 1.27. The molecule has 17 heavy (non-hydrogen) atoms. The minimum atomic E-state index is -0.949. The molecule has 6 nitrogen and oxygen atoms in total. The number of thioether (sulfide) groups is 1. The van der Waals surface area contributed by atoms with E-state index in [0.29, 0.717) is 11.8 Å². The number of hydrogen-bond acceptors (Lipinski definition) is 4. The molecular formula is C10H20N2O4S. The maximum Gasteiger partial charge on any atom is 0.314 e. The van der Waals surface area contributed by atoms with Crippen molar-refractivity contribution in [2.45, 2.75) is 24.7 Å². The van der Waals surface area contributed by atoms with Crippen LogP contribution in [-0.2, 0) is 9.53 Å².